The van der Waals surface area contributed by atoms with Gasteiger partial charge < -0.3 is 10.0 Å². The zero-order valence-electron chi connectivity index (χ0n) is 15.0. The Bertz CT molecular complexity index is 796. The molecule has 0 amide bonds. The molecular formula is C21H23F3N2O. The summed E-state index contributed by atoms with van der Waals surface area (Å²) in [7, 11) is 0. The van der Waals surface area contributed by atoms with Crippen molar-refractivity contribution in [2.75, 3.05) is 11.4 Å². The zero-order valence-corrected chi connectivity index (χ0v) is 15.0. The number of aromatic nitrogens is 1. The van der Waals surface area contributed by atoms with E-state index < -0.39 is 17.3 Å². The number of fused-ring (bicyclic) bond motifs is 1. The van der Waals surface area contributed by atoms with Crippen molar-refractivity contribution in [1.29, 1.82) is 0 Å². The van der Waals surface area contributed by atoms with Gasteiger partial charge in [-0.15, -0.1) is 0 Å². The van der Waals surface area contributed by atoms with E-state index in [1.54, 1.807) is 0 Å². The molecule has 0 radical (unpaired) electrons. The summed E-state index contributed by atoms with van der Waals surface area (Å²) in [5, 5.41) is 11.6. The standard InChI is InChI=1S/C21H23F3N2O/c22-21(23,24)16-10-12-25-19(14-16)26-13-11-20(27,15-6-2-1-3-7-15)17-8-4-5-9-18(17)26/h1-3,6-7,10,12,14,17-18,27H,4-5,8-9,11,13H2/t17-,18+,20?/m1/s1. The van der Waals surface area contributed by atoms with Gasteiger partial charge in [0.2, 0.25) is 0 Å². The molecular weight excluding hydrogens is 353 g/mol. The molecule has 2 aliphatic rings. The van der Waals surface area contributed by atoms with Crippen molar-refractivity contribution in [3.8, 4) is 0 Å². The number of hydrogen-bond donors (Lipinski definition) is 1. The second-order valence-electron chi connectivity index (χ2n) is 7.59. The summed E-state index contributed by atoms with van der Waals surface area (Å²) in [4.78, 5) is 6.22. The lowest BCUT2D eigenvalue weighted by atomic mass is 9.66. The molecule has 144 valence electrons. The highest BCUT2D eigenvalue weighted by Gasteiger charge is 2.49. The third-order valence-electron chi connectivity index (χ3n) is 6.12. The maximum Gasteiger partial charge on any atom is 0.416 e. The molecule has 3 nitrogen and oxygen atoms in total. The van der Waals surface area contributed by atoms with Crippen molar-refractivity contribution in [1.82, 2.24) is 4.98 Å². The summed E-state index contributed by atoms with van der Waals surface area (Å²) in [6.07, 6.45) is 1.10. The molecule has 27 heavy (non-hydrogen) atoms. The summed E-state index contributed by atoms with van der Waals surface area (Å²) in [6.45, 7) is 0.487. The van der Waals surface area contributed by atoms with Crippen molar-refractivity contribution < 1.29 is 18.3 Å². The number of nitrogens with zero attached hydrogens (tertiary/aromatic N) is 2. The number of anilines is 1. The Kier molecular flexibility index (Phi) is 4.62. The van der Waals surface area contributed by atoms with E-state index in [2.05, 4.69) is 4.98 Å². The van der Waals surface area contributed by atoms with Crippen LogP contribution in [0.1, 0.15) is 43.2 Å². The lowest BCUT2D eigenvalue weighted by Crippen LogP contribution is -2.57. The molecule has 1 unspecified atom stereocenters. The second-order valence-corrected chi connectivity index (χ2v) is 7.59. The summed E-state index contributed by atoms with van der Waals surface area (Å²) in [6, 6.07) is 11.8. The van der Waals surface area contributed by atoms with E-state index in [0.29, 0.717) is 18.8 Å². The number of pyridine rings is 1. The molecule has 1 saturated heterocycles. The van der Waals surface area contributed by atoms with Crippen LogP contribution >= 0.6 is 0 Å². The molecule has 2 fully saturated rings. The first-order valence-corrected chi connectivity index (χ1v) is 9.47. The van der Waals surface area contributed by atoms with E-state index in [0.717, 1.165) is 43.4 Å². The zero-order chi connectivity index (χ0) is 19.1. The lowest BCUT2D eigenvalue weighted by Gasteiger charge is -2.53. The van der Waals surface area contributed by atoms with Crippen LogP contribution in [0.4, 0.5) is 19.0 Å². The van der Waals surface area contributed by atoms with Crippen molar-refractivity contribution in [2.24, 2.45) is 5.92 Å². The maximum absolute atomic E-state index is 13.1. The third-order valence-corrected chi connectivity index (χ3v) is 6.12. The molecule has 6 heteroatoms. The first-order valence-electron chi connectivity index (χ1n) is 9.47. The van der Waals surface area contributed by atoms with Crippen LogP contribution in [0.5, 0.6) is 0 Å². The van der Waals surface area contributed by atoms with Crippen molar-refractivity contribution in [3.05, 3.63) is 59.8 Å². The van der Waals surface area contributed by atoms with Crippen LogP contribution < -0.4 is 4.90 Å². The predicted octanol–water partition coefficient (Wildman–Crippen LogP) is 4.76. The van der Waals surface area contributed by atoms with Gasteiger partial charge in [0.1, 0.15) is 5.82 Å². The van der Waals surface area contributed by atoms with E-state index >= 15 is 0 Å². The van der Waals surface area contributed by atoms with E-state index in [-0.39, 0.29) is 12.0 Å². The normalized spacial score (nSPS) is 28.7. The molecule has 3 atom stereocenters. The topological polar surface area (TPSA) is 36.4 Å². The fraction of sp³-hybridized carbons (Fsp3) is 0.476. The lowest BCUT2D eigenvalue weighted by molar-refractivity contribution is -0.137. The number of alkyl halides is 3. The van der Waals surface area contributed by atoms with E-state index in [9.17, 15) is 18.3 Å². The Labute approximate surface area is 156 Å². The molecule has 0 bridgehead atoms. The van der Waals surface area contributed by atoms with Gasteiger partial charge in [0.15, 0.2) is 0 Å². The molecule has 1 aromatic heterocycles. The van der Waals surface area contributed by atoms with Crippen molar-refractivity contribution in [2.45, 2.75) is 49.9 Å². The minimum Gasteiger partial charge on any atom is -0.385 e. The summed E-state index contributed by atoms with van der Waals surface area (Å²) >= 11 is 0. The minimum absolute atomic E-state index is 0.00584. The Morgan fingerprint density at radius 2 is 1.81 bits per heavy atom. The quantitative estimate of drug-likeness (QED) is 0.821. The van der Waals surface area contributed by atoms with Crippen LogP contribution in [0.2, 0.25) is 0 Å². The Morgan fingerprint density at radius 3 is 2.56 bits per heavy atom. The van der Waals surface area contributed by atoms with Gasteiger partial charge in [0.05, 0.1) is 11.2 Å². The Hall–Kier alpha value is -2.08. The van der Waals surface area contributed by atoms with Crippen molar-refractivity contribution >= 4 is 5.82 Å². The summed E-state index contributed by atoms with van der Waals surface area (Å²) < 4.78 is 39.4. The predicted molar refractivity (Wildman–Crippen MR) is 97.3 cm³/mol. The van der Waals surface area contributed by atoms with Crippen LogP contribution in [0, 0.1) is 5.92 Å². The van der Waals surface area contributed by atoms with Crippen LogP contribution in [-0.2, 0) is 11.8 Å². The van der Waals surface area contributed by atoms with Gasteiger partial charge in [-0.05, 0) is 37.0 Å². The number of benzene rings is 1. The third kappa shape index (κ3) is 3.31. The van der Waals surface area contributed by atoms with E-state index in [4.69, 9.17) is 0 Å². The molecule has 1 aliphatic heterocycles. The summed E-state index contributed by atoms with van der Waals surface area (Å²) in [5.41, 5.74) is -0.716. The van der Waals surface area contributed by atoms with Gasteiger partial charge in [0.25, 0.3) is 0 Å². The molecule has 2 aromatic rings. The first kappa shape index (κ1) is 18.3. The highest BCUT2D eigenvalue weighted by atomic mass is 19.4. The van der Waals surface area contributed by atoms with Crippen LogP contribution in [0.15, 0.2) is 48.7 Å². The number of halogens is 3. The highest BCUT2D eigenvalue weighted by Crippen LogP contribution is 2.48. The number of rotatable bonds is 2. The molecule has 1 saturated carbocycles. The molecule has 4 rings (SSSR count). The average Bonchev–Trinajstić information content (AvgIpc) is 2.69. The number of piperidine rings is 1. The van der Waals surface area contributed by atoms with Gasteiger partial charge in [-0.2, -0.15) is 13.2 Å². The van der Waals surface area contributed by atoms with Crippen molar-refractivity contribution in [3.63, 3.8) is 0 Å². The van der Waals surface area contributed by atoms with E-state index in [1.807, 2.05) is 35.2 Å². The molecule has 2 heterocycles. The SMILES string of the molecule is OC1(c2ccccc2)CCN(c2cc(C(F)(F)F)ccn2)[C@H]2CCCC[C@H]21. The minimum atomic E-state index is -4.38. The first-order chi connectivity index (χ1) is 12.9. The molecule has 1 aliphatic carbocycles. The largest absolute Gasteiger partial charge is 0.416 e. The highest BCUT2D eigenvalue weighted by molar-refractivity contribution is 5.45. The number of hydrogen-bond acceptors (Lipinski definition) is 3. The molecule has 1 aromatic carbocycles. The van der Waals surface area contributed by atoms with Gasteiger partial charge in [-0.1, -0.05) is 43.2 Å². The van der Waals surface area contributed by atoms with Gasteiger partial charge in [-0.25, -0.2) is 4.98 Å². The number of aliphatic hydroxyl groups is 1. The monoisotopic (exact) mass is 376 g/mol. The fourth-order valence-electron chi connectivity index (χ4n) is 4.80. The van der Waals surface area contributed by atoms with E-state index in [1.165, 1.54) is 6.20 Å². The fourth-order valence-corrected chi connectivity index (χ4v) is 4.80. The molecule has 1 N–H and O–H groups in total. The Balaban J connectivity index is 1.68. The van der Waals surface area contributed by atoms with Gasteiger partial charge in [-0.3, -0.25) is 0 Å². The van der Waals surface area contributed by atoms with Gasteiger partial charge in [0, 0.05) is 24.7 Å². The Morgan fingerprint density at radius 1 is 1.07 bits per heavy atom. The van der Waals surface area contributed by atoms with Crippen LogP contribution in [-0.4, -0.2) is 22.7 Å². The van der Waals surface area contributed by atoms with Gasteiger partial charge >= 0.3 is 6.18 Å². The molecule has 0 spiro atoms. The smallest absolute Gasteiger partial charge is 0.385 e. The second kappa shape index (κ2) is 6.82. The summed E-state index contributed by atoms with van der Waals surface area (Å²) in [5.74, 6) is 0.343. The average molecular weight is 376 g/mol. The van der Waals surface area contributed by atoms with Crippen LogP contribution in [0.25, 0.3) is 0 Å². The van der Waals surface area contributed by atoms with Crippen LogP contribution in [0.3, 0.4) is 0 Å². The maximum atomic E-state index is 13.1.